The van der Waals surface area contributed by atoms with Crippen LogP contribution in [0.2, 0.25) is 0 Å². The van der Waals surface area contributed by atoms with Crippen molar-refractivity contribution in [1.29, 1.82) is 0 Å². The van der Waals surface area contributed by atoms with Crippen LogP contribution in [0, 0.1) is 11.8 Å². The molecule has 1 amide bonds. The summed E-state index contributed by atoms with van der Waals surface area (Å²) in [5.41, 5.74) is 0. The minimum Gasteiger partial charge on any atom is -0.353 e. The Morgan fingerprint density at radius 2 is 1.79 bits per heavy atom. The number of nitrogens with one attached hydrogen (secondary N) is 2. The number of carbonyl (C=O) groups excluding carboxylic acids is 1. The SMILES string of the molecule is CC(C)NC(=O)CNS(=O)(=O)N1C[C@H](C)C[C@@H](C)C1. The Kier molecular flexibility index (Phi) is 5.76. The molecule has 0 bridgehead atoms. The summed E-state index contributed by atoms with van der Waals surface area (Å²) >= 11 is 0. The normalized spacial score (nSPS) is 25.5. The van der Waals surface area contributed by atoms with Gasteiger partial charge in [-0.05, 0) is 32.1 Å². The number of nitrogens with zero attached hydrogens (tertiary/aromatic N) is 1. The molecular formula is C12H25N3O3S. The molecule has 112 valence electrons. The summed E-state index contributed by atoms with van der Waals surface area (Å²) in [4.78, 5) is 11.5. The Morgan fingerprint density at radius 3 is 2.26 bits per heavy atom. The van der Waals surface area contributed by atoms with E-state index in [2.05, 4.69) is 10.0 Å². The van der Waals surface area contributed by atoms with E-state index in [9.17, 15) is 13.2 Å². The molecule has 7 heteroatoms. The van der Waals surface area contributed by atoms with Crippen molar-refractivity contribution < 1.29 is 13.2 Å². The van der Waals surface area contributed by atoms with Crippen LogP contribution < -0.4 is 10.0 Å². The molecule has 1 heterocycles. The Morgan fingerprint density at radius 1 is 1.26 bits per heavy atom. The molecule has 0 saturated carbocycles. The lowest BCUT2D eigenvalue weighted by Gasteiger charge is -2.33. The van der Waals surface area contributed by atoms with Crippen LogP contribution in [0.4, 0.5) is 0 Å². The Balaban J connectivity index is 2.53. The van der Waals surface area contributed by atoms with Crippen LogP contribution in [0.5, 0.6) is 0 Å². The van der Waals surface area contributed by atoms with Gasteiger partial charge in [0, 0.05) is 19.1 Å². The Labute approximate surface area is 116 Å². The van der Waals surface area contributed by atoms with E-state index >= 15 is 0 Å². The van der Waals surface area contributed by atoms with Gasteiger partial charge in [-0.3, -0.25) is 4.79 Å². The topological polar surface area (TPSA) is 78.5 Å². The minimum atomic E-state index is -3.56. The highest BCUT2D eigenvalue weighted by Gasteiger charge is 2.30. The van der Waals surface area contributed by atoms with Gasteiger partial charge in [-0.1, -0.05) is 13.8 Å². The summed E-state index contributed by atoms with van der Waals surface area (Å²) in [6.07, 6.45) is 1.04. The number of hydrogen-bond donors (Lipinski definition) is 2. The van der Waals surface area contributed by atoms with Crippen LogP contribution in [-0.4, -0.2) is 44.3 Å². The van der Waals surface area contributed by atoms with E-state index in [1.807, 2.05) is 27.7 Å². The quantitative estimate of drug-likeness (QED) is 0.766. The first kappa shape index (κ1) is 16.4. The molecule has 0 aromatic heterocycles. The zero-order valence-electron chi connectivity index (χ0n) is 12.1. The van der Waals surface area contributed by atoms with E-state index in [-0.39, 0.29) is 18.5 Å². The minimum absolute atomic E-state index is 0.00651. The predicted molar refractivity (Wildman–Crippen MR) is 74.7 cm³/mol. The van der Waals surface area contributed by atoms with Crippen molar-refractivity contribution in [1.82, 2.24) is 14.3 Å². The van der Waals surface area contributed by atoms with Gasteiger partial charge in [0.05, 0.1) is 6.54 Å². The molecule has 1 saturated heterocycles. The maximum Gasteiger partial charge on any atom is 0.279 e. The molecule has 1 fully saturated rings. The summed E-state index contributed by atoms with van der Waals surface area (Å²) in [7, 11) is -3.56. The van der Waals surface area contributed by atoms with E-state index < -0.39 is 10.2 Å². The third-order valence-electron chi connectivity index (χ3n) is 3.04. The van der Waals surface area contributed by atoms with Crippen molar-refractivity contribution in [2.24, 2.45) is 11.8 Å². The van der Waals surface area contributed by atoms with Crippen molar-refractivity contribution in [2.75, 3.05) is 19.6 Å². The zero-order chi connectivity index (χ0) is 14.6. The van der Waals surface area contributed by atoms with Crippen LogP contribution in [0.3, 0.4) is 0 Å². The van der Waals surface area contributed by atoms with Crippen LogP contribution in [-0.2, 0) is 15.0 Å². The second-order valence-corrected chi connectivity index (χ2v) is 7.57. The van der Waals surface area contributed by atoms with E-state index in [4.69, 9.17) is 0 Å². The van der Waals surface area contributed by atoms with Gasteiger partial charge >= 0.3 is 0 Å². The van der Waals surface area contributed by atoms with Crippen molar-refractivity contribution in [2.45, 2.75) is 40.2 Å². The van der Waals surface area contributed by atoms with E-state index in [0.29, 0.717) is 24.9 Å². The molecule has 1 aliphatic rings. The number of rotatable bonds is 5. The molecule has 1 aliphatic heterocycles. The van der Waals surface area contributed by atoms with Gasteiger partial charge < -0.3 is 5.32 Å². The summed E-state index contributed by atoms with van der Waals surface area (Å²) < 4.78 is 28.0. The molecule has 0 unspecified atom stereocenters. The first-order valence-electron chi connectivity index (χ1n) is 6.74. The van der Waals surface area contributed by atoms with Gasteiger partial charge in [-0.2, -0.15) is 17.4 Å². The van der Waals surface area contributed by atoms with E-state index in [1.165, 1.54) is 4.31 Å². The van der Waals surface area contributed by atoms with Gasteiger partial charge in [0.15, 0.2) is 0 Å². The van der Waals surface area contributed by atoms with Crippen molar-refractivity contribution in [3.63, 3.8) is 0 Å². The third kappa shape index (κ3) is 5.46. The number of hydrogen-bond acceptors (Lipinski definition) is 3. The van der Waals surface area contributed by atoms with Gasteiger partial charge in [0.1, 0.15) is 0 Å². The van der Waals surface area contributed by atoms with Gasteiger partial charge in [0.2, 0.25) is 5.91 Å². The largest absolute Gasteiger partial charge is 0.353 e. The standard InChI is InChI=1S/C12H25N3O3S/c1-9(2)14-12(16)6-13-19(17,18)15-7-10(3)5-11(4)8-15/h9-11,13H,5-8H2,1-4H3,(H,14,16)/t10-,11-/m1/s1. The summed E-state index contributed by atoms with van der Waals surface area (Å²) in [6, 6.07) is 0.00651. The molecule has 6 nitrogen and oxygen atoms in total. The average Bonchev–Trinajstić information content (AvgIpc) is 2.24. The molecule has 2 N–H and O–H groups in total. The fourth-order valence-corrected chi connectivity index (χ4v) is 3.82. The van der Waals surface area contributed by atoms with Crippen LogP contribution in [0.25, 0.3) is 0 Å². The summed E-state index contributed by atoms with van der Waals surface area (Å²) in [6.45, 7) is 8.59. The molecule has 0 aromatic carbocycles. The fourth-order valence-electron chi connectivity index (χ4n) is 2.42. The second-order valence-electron chi connectivity index (χ2n) is 5.81. The highest BCUT2D eigenvalue weighted by molar-refractivity contribution is 7.87. The lowest BCUT2D eigenvalue weighted by molar-refractivity contribution is -0.120. The molecule has 2 atom stereocenters. The highest BCUT2D eigenvalue weighted by Crippen LogP contribution is 2.22. The van der Waals surface area contributed by atoms with Gasteiger partial charge in [-0.15, -0.1) is 0 Å². The third-order valence-corrected chi connectivity index (χ3v) is 4.53. The highest BCUT2D eigenvalue weighted by atomic mass is 32.2. The van der Waals surface area contributed by atoms with Crippen molar-refractivity contribution in [3.05, 3.63) is 0 Å². The molecule has 19 heavy (non-hydrogen) atoms. The molecule has 1 rings (SSSR count). The number of carbonyl (C=O) groups is 1. The fraction of sp³-hybridized carbons (Fsp3) is 0.917. The summed E-state index contributed by atoms with van der Waals surface area (Å²) in [5, 5.41) is 2.65. The molecule has 0 spiro atoms. The maximum absolute atomic E-state index is 12.1. The smallest absolute Gasteiger partial charge is 0.279 e. The van der Waals surface area contributed by atoms with Crippen molar-refractivity contribution in [3.8, 4) is 0 Å². The molecule has 0 radical (unpaired) electrons. The first-order chi connectivity index (χ1) is 8.70. The van der Waals surface area contributed by atoms with E-state index in [1.54, 1.807) is 0 Å². The van der Waals surface area contributed by atoms with Crippen LogP contribution >= 0.6 is 0 Å². The first-order valence-corrected chi connectivity index (χ1v) is 8.18. The maximum atomic E-state index is 12.1. The monoisotopic (exact) mass is 291 g/mol. The van der Waals surface area contributed by atoms with Gasteiger partial charge in [0.25, 0.3) is 10.2 Å². The average molecular weight is 291 g/mol. The molecule has 0 aromatic rings. The predicted octanol–water partition coefficient (Wildman–Crippen LogP) is 0.323. The van der Waals surface area contributed by atoms with E-state index in [0.717, 1.165) is 6.42 Å². The Hall–Kier alpha value is -0.660. The van der Waals surface area contributed by atoms with Crippen molar-refractivity contribution >= 4 is 16.1 Å². The lowest BCUT2D eigenvalue weighted by atomic mass is 9.94. The number of piperidine rings is 1. The number of amides is 1. The molecular weight excluding hydrogens is 266 g/mol. The molecule has 0 aliphatic carbocycles. The van der Waals surface area contributed by atoms with Crippen LogP contribution in [0.1, 0.15) is 34.1 Å². The summed E-state index contributed by atoms with van der Waals surface area (Å²) in [5.74, 6) is 0.395. The van der Waals surface area contributed by atoms with Gasteiger partial charge in [-0.25, -0.2) is 0 Å². The zero-order valence-corrected chi connectivity index (χ0v) is 13.0. The van der Waals surface area contributed by atoms with Crippen LogP contribution in [0.15, 0.2) is 0 Å². The second kappa shape index (κ2) is 6.67. The lowest BCUT2D eigenvalue weighted by Crippen LogP contribution is -2.50. The Bertz CT molecular complexity index is 398.